The van der Waals surface area contributed by atoms with Crippen molar-refractivity contribution in [3.05, 3.63) is 18.2 Å². The average molecular weight is 441 g/mol. The molecule has 29 heavy (non-hydrogen) atoms. The molecule has 2 N–H and O–H groups in total. The number of fused-ring (bicyclic) bond motifs is 1. The van der Waals surface area contributed by atoms with Gasteiger partial charge in [-0.3, -0.25) is 4.79 Å². The largest absolute Gasteiger partial charge is 0.339 e. The lowest BCUT2D eigenvalue weighted by molar-refractivity contribution is -0.130. The van der Waals surface area contributed by atoms with Gasteiger partial charge in [0.25, 0.3) is 0 Å². The van der Waals surface area contributed by atoms with Gasteiger partial charge in [-0.15, -0.1) is 0 Å². The molecule has 1 heterocycles. The fourth-order valence-electron chi connectivity index (χ4n) is 3.16. The summed E-state index contributed by atoms with van der Waals surface area (Å²) in [6.45, 7) is 9.88. The molecule has 1 aromatic carbocycles. The van der Waals surface area contributed by atoms with Crippen molar-refractivity contribution >= 4 is 38.7 Å². The van der Waals surface area contributed by atoms with Crippen molar-refractivity contribution in [2.24, 2.45) is 5.14 Å². The van der Waals surface area contributed by atoms with E-state index < -0.39 is 10.0 Å². The molecular formula is C20H32N4O3S2. The lowest BCUT2D eigenvalue weighted by atomic mass is 10.2. The first-order chi connectivity index (χ1) is 13.7. The number of primary sulfonamides is 1. The van der Waals surface area contributed by atoms with Gasteiger partial charge in [-0.2, -0.15) is 0 Å². The molecule has 0 fully saturated rings. The Morgan fingerprint density at radius 3 is 2.59 bits per heavy atom. The summed E-state index contributed by atoms with van der Waals surface area (Å²) >= 11 is 1.40. The molecule has 0 aliphatic rings. The van der Waals surface area contributed by atoms with Crippen molar-refractivity contribution in [1.82, 2.24) is 14.5 Å². The SMILES string of the molecule is CCCCN(C(=O)CSc1nc2cc(S(N)(=O)=O)ccc2n1CCC)C(C)CC. The molecule has 2 aromatic rings. The molecule has 0 spiro atoms. The number of nitrogens with zero attached hydrogens (tertiary/aromatic N) is 3. The van der Waals surface area contributed by atoms with Gasteiger partial charge in [0.2, 0.25) is 15.9 Å². The van der Waals surface area contributed by atoms with Gasteiger partial charge < -0.3 is 9.47 Å². The highest BCUT2D eigenvalue weighted by molar-refractivity contribution is 7.99. The van der Waals surface area contributed by atoms with E-state index in [1.165, 1.54) is 23.9 Å². The van der Waals surface area contributed by atoms with E-state index in [0.29, 0.717) is 11.3 Å². The van der Waals surface area contributed by atoms with Crippen molar-refractivity contribution < 1.29 is 13.2 Å². The molecule has 1 aromatic heterocycles. The number of carbonyl (C=O) groups is 1. The van der Waals surface area contributed by atoms with Crippen LogP contribution in [0.15, 0.2) is 28.3 Å². The van der Waals surface area contributed by atoms with E-state index in [4.69, 9.17) is 5.14 Å². The van der Waals surface area contributed by atoms with E-state index in [2.05, 4.69) is 32.7 Å². The number of aromatic nitrogens is 2. The number of amides is 1. The third-order valence-corrected chi connectivity index (χ3v) is 6.85. The number of hydrogen-bond donors (Lipinski definition) is 1. The van der Waals surface area contributed by atoms with Crippen LogP contribution >= 0.6 is 11.8 Å². The Kier molecular flexibility index (Phi) is 8.54. The summed E-state index contributed by atoms with van der Waals surface area (Å²) in [6, 6.07) is 4.94. The number of carbonyl (C=O) groups excluding carboxylic acids is 1. The van der Waals surface area contributed by atoms with Gasteiger partial charge in [0.05, 0.1) is 21.7 Å². The number of aryl methyl sites for hydroxylation is 1. The third-order valence-electron chi connectivity index (χ3n) is 4.98. The number of benzene rings is 1. The molecule has 1 atom stereocenters. The molecular weight excluding hydrogens is 408 g/mol. The number of imidazole rings is 1. The molecule has 1 unspecified atom stereocenters. The number of thioether (sulfide) groups is 1. The highest BCUT2D eigenvalue weighted by atomic mass is 32.2. The molecule has 7 nitrogen and oxygen atoms in total. The first kappa shape index (κ1) is 23.7. The minimum Gasteiger partial charge on any atom is -0.339 e. The summed E-state index contributed by atoms with van der Waals surface area (Å²) in [5, 5.41) is 5.97. The quantitative estimate of drug-likeness (QED) is 0.538. The van der Waals surface area contributed by atoms with Crippen LogP contribution in [-0.2, 0) is 21.4 Å². The van der Waals surface area contributed by atoms with Crippen molar-refractivity contribution in [3.8, 4) is 0 Å². The van der Waals surface area contributed by atoms with Crippen LogP contribution in [0.5, 0.6) is 0 Å². The zero-order valence-electron chi connectivity index (χ0n) is 17.7. The Labute approximate surface area is 178 Å². The predicted molar refractivity (Wildman–Crippen MR) is 118 cm³/mol. The van der Waals surface area contributed by atoms with E-state index in [0.717, 1.165) is 49.4 Å². The maximum atomic E-state index is 12.9. The van der Waals surface area contributed by atoms with Crippen LogP contribution in [0.4, 0.5) is 0 Å². The highest BCUT2D eigenvalue weighted by Crippen LogP contribution is 2.27. The van der Waals surface area contributed by atoms with Crippen molar-refractivity contribution in [3.63, 3.8) is 0 Å². The normalized spacial score (nSPS) is 13.0. The minimum absolute atomic E-state index is 0.0429. The number of rotatable bonds is 11. The Bertz CT molecular complexity index is 941. The molecule has 162 valence electrons. The molecule has 0 saturated heterocycles. The van der Waals surface area contributed by atoms with Crippen LogP contribution in [0.3, 0.4) is 0 Å². The fraction of sp³-hybridized carbons (Fsp3) is 0.600. The second kappa shape index (κ2) is 10.4. The minimum atomic E-state index is -3.79. The Morgan fingerprint density at radius 1 is 1.28 bits per heavy atom. The van der Waals surface area contributed by atoms with Gasteiger partial charge >= 0.3 is 0 Å². The standard InChI is InChI=1S/C20H32N4O3S2/c1-5-8-12-23(15(4)7-3)19(25)14-28-20-22-17-13-16(29(21,26)27)9-10-18(17)24(20)11-6-2/h9-10,13,15H,5-8,11-12,14H2,1-4H3,(H2,21,26,27). The summed E-state index contributed by atoms with van der Waals surface area (Å²) in [5.74, 6) is 0.418. The van der Waals surface area contributed by atoms with Crippen LogP contribution in [0.1, 0.15) is 53.4 Å². The zero-order chi connectivity index (χ0) is 21.6. The first-order valence-electron chi connectivity index (χ1n) is 10.2. The van der Waals surface area contributed by atoms with Gasteiger partial charge in [0, 0.05) is 19.1 Å². The van der Waals surface area contributed by atoms with E-state index >= 15 is 0 Å². The van der Waals surface area contributed by atoms with E-state index in [1.807, 2.05) is 9.47 Å². The second-order valence-corrected chi connectivity index (χ2v) is 9.73. The van der Waals surface area contributed by atoms with Crippen LogP contribution in [-0.4, -0.2) is 47.1 Å². The summed E-state index contributed by atoms with van der Waals surface area (Å²) in [7, 11) is -3.79. The summed E-state index contributed by atoms with van der Waals surface area (Å²) in [4.78, 5) is 19.5. The number of unbranched alkanes of at least 4 members (excludes halogenated alkanes) is 1. The zero-order valence-corrected chi connectivity index (χ0v) is 19.4. The van der Waals surface area contributed by atoms with Gasteiger partial charge in [0.1, 0.15) is 0 Å². The lowest BCUT2D eigenvalue weighted by Crippen LogP contribution is -2.40. The van der Waals surface area contributed by atoms with Gasteiger partial charge in [-0.25, -0.2) is 18.5 Å². The summed E-state index contributed by atoms with van der Waals surface area (Å²) < 4.78 is 25.3. The number of nitrogens with two attached hydrogens (primary N) is 1. The van der Waals surface area contributed by atoms with Crippen molar-refractivity contribution in [2.45, 2.75) is 76.0 Å². The Balaban J connectivity index is 2.27. The third kappa shape index (κ3) is 5.96. The van der Waals surface area contributed by atoms with Crippen LogP contribution in [0.2, 0.25) is 0 Å². The van der Waals surface area contributed by atoms with E-state index in [9.17, 15) is 13.2 Å². The van der Waals surface area contributed by atoms with E-state index in [1.54, 1.807) is 6.07 Å². The van der Waals surface area contributed by atoms with Gasteiger partial charge in [-0.1, -0.05) is 39.0 Å². The maximum absolute atomic E-state index is 12.9. The maximum Gasteiger partial charge on any atom is 0.238 e. The topological polar surface area (TPSA) is 98.3 Å². The molecule has 9 heteroatoms. The summed E-state index contributed by atoms with van der Waals surface area (Å²) in [6.07, 6.45) is 3.86. The number of hydrogen-bond acceptors (Lipinski definition) is 5. The van der Waals surface area contributed by atoms with Crippen LogP contribution < -0.4 is 5.14 Å². The molecule has 0 aliphatic carbocycles. The highest BCUT2D eigenvalue weighted by Gasteiger charge is 2.20. The molecule has 0 radical (unpaired) electrons. The van der Waals surface area contributed by atoms with Crippen molar-refractivity contribution in [2.75, 3.05) is 12.3 Å². The smallest absolute Gasteiger partial charge is 0.238 e. The molecule has 2 rings (SSSR count). The van der Waals surface area contributed by atoms with Gasteiger partial charge in [0.15, 0.2) is 5.16 Å². The molecule has 0 bridgehead atoms. The average Bonchev–Trinajstić information content (AvgIpc) is 3.02. The summed E-state index contributed by atoms with van der Waals surface area (Å²) in [5.41, 5.74) is 1.42. The second-order valence-electron chi connectivity index (χ2n) is 7.23. The Hall–Kier alpha value is -1.58. The van der Waals surface area contributed by atoms with E-state index in [-0.39, 0.29) is 16.8 Å². The van der Waals surface area contributed by atoms with Gasteiger partial charge in [-0.05, 0) is 44.4 Å². The van der Waals surface area contributed by atoms with Crippen LogP contribution in [0.25, 0.3) is 11.0 Å². The molecule has 1 amide bonds. The van der Waals surface area contributed by atoms with Crippen molar-refractivity contribution in [1.29, 1.82) is 0 Å². The lowest BCUT2D eigenvalue weighted by Gasteiger charge is -2.28. The van der Waals surface area contributed by atoms with Crippen LogP contribution in [0, 0.1) is 0 Å². The fourth-order valence-corrected chi connectivity index (χ4v) is 4.62. The monoisotopic (exact) mass is 440 g/mol. The first-order valence-corrected chi connectivity index (χ1v) is 12.7. The Morgan fingerprint density at radius 2 is 2.00 bits per heavy atom. The molecule has 0 aliphatic heterocycles. The predicted octanol–water partition coefficient (Wildman–Crippen LogP) is 3.61. The molecule has 0 saturated carbocycles. The number of sulfonamides is 1.